The lowest BCUT2D eigenvalue weighted by Crippen LogP contribution is -1.96. The van der Waals surface area contributed by atoms with E-state index < -0.39 is 0 Å². The van der Waals surface area contributed by atoms with Gasteiger partial charge in [-0.3, -0.25) is 9.97 Å². The van der Waals surface area contributed by atoms with E-state index in [-0.39, 0.29) is 0 Å². The lowest BCUT2D eigenvalue weighted by atomic mass is 9.95. The van der Waals surface area contributed by atoms with Gasteiger partial charge in [0, 0.05) is 22.8 Å². The topological polar surface area (TPSA) is 25.8 Å². The Hall–Kier alpha value is -1.93. The van der Waals surface area contributed by atoms with Gasteiger partial charge in [-0.05, 0) is 51.0 Å². The van der Waals surface area contributed by atoms with Crippen LogP contribution in [0.3, 0.4) is 0 Å². The van der Waals surface area contributed by atoms with Gasteiger partial charge in [-0.15, -0.1) is 0 Å². The standard InChI is InChI=1S/C18H17ClN2/c1-10-7-11(2)16(12(3)8-10)18-17-14(5-6-20-18)15(19)9-13(4)21-17/h5-9H,1-4H3. The molecule has 0 amide bonds. The first kappa shape index (κ1) is 14.0. The number of fused-ring (bicyclic) bond motifs is 1. The zero-order valence-electron chi connectivity index (χ0n) is 12.7. The Labute approximate surface area is 129 Å². The summed E-state index contributed by atoms with van der Waals surface area (Å²) in [6.07, 6.45) is 1.80. The third-order valence-corrected chi connectivity index (χ3v) is 4.03. The van der Waals surface area contributed by atoms with Gasteiger partial charge < -0.3 is 0 Å². The summed E-state index contributed by atoms with van der Waals surface area (Å²) in [6.45, 7) is 8.30. The summed E-state index contributed by atoms with van der Waals surface area (Å²) >= 11 is 6.36. The maximum atomic E-state index is 6.36. The van der Waals surface area contributed by atoms with Crippen molar-refractivity contribution >= 4 is 22.5 Å². The van der Waals surface area contributed by atoms with Gasteiger partial charge >= 0.3 is 0 Å². The van der Waals surface area contributed by atoms with Gasteiger partial charge in [0.15, 0.2) is 0 Å². The molecule has 0 aliphatic carbocycles. The molecular weight excluding hydrogens is 280 g/mol. The minimum atomic E-state index is 0.726. The molecule has 2 aromatic heterocycles. The van der Waals surface area contributed by atoms with E-state index in [0.29, 0.717) is 0 Å². The fourth-order valence-electron chi connectivity index (χ4n) is 2.97. The quantitative estimate of drug-likeness (QED) is 0.618. The first-order chi connectivity index (χ1) is 9.97. The van der Waals surface area contributed by atoms with Crippen LogP contribution in [-0.2, 0) is 0 Å². The normalized spacial score (nSPS) is 11.1. The average Bonchev–Trinajstić information content (AvgIpc) is 2.38. The molecule has 0 aliphatic rings. The molecule has 0 saturated carbocycles. The summed E-state index contributed by atoms with van der Waals surface area (Å²) in [5.74, 6) is 0. The highest BCUT2D eigenvalue weighted by Crippen LogP contribution is 2.33. The van der Waals surface area contributed by atoms with Crippen LogP contribution in [0.4, 0.5) is 0 Å². The van der Waals surface area contributed by atoms with E-state index in [1.807, 2.05) is 19.1 Å². The second-order valence-electron chi connectivity index (χ2n) is 5.57. The minimum Gasteiger partial charge on any atom is -0.254 e. The largest absolute Gasteiger partial charge is 0.254 e. The number of aryl methyl sites for hydroxylation is 4. The Morgan fingerprint density at radius 2 is 1.62 bits per heavy atom. The first-order valence-electron chi connectivity index (χ1n) is 6.97. The molecule has 106 valence electrons. The highest BCUT2D eigenvalue weighted by atomic mass is 35.5. The Morgan fingerprint density at radius 3 is 2.29 bits per heavy atom. The van der Waals surface area contributed by atoms with Gasteiger partial charge in [0.05, 0.1) is 16.2 Å². The summed E-state index contributed by atoms with van der Waals surface area (Å²) in [5.41, 5.74) is 7.53. The van der Waals surface area contributed by atoms with Crippen molar-refractivity contribution in [3.63, 3.8) is 0 Å². The molecule has 3 heteroatoms. The average molecular weight is 297 g/mol. The fourth-order valence-corrected chi connectivity index (χ4v) is 3.28. The van der Waals surface area contributed by atoms with Crippen molar-refractivity contribution in [3.05, 3.63) is 57.9 Å². The summed E-state index contributed by atoms with van der Waals surface area (Å²) in [4.78, 5) is 9.26. The Morgan fingerprint density at radius 1 is 0.952 bits per heavy atom. The van der Waals surface area contributed by atoms with E-state index in [9.17, 15) is 0 Å². The third kappa shape index (κ3) is 2.40. The summed E-state index contributed by atoms with van der Waals surface area (Å²) in [5, 5.41) is 1.68. The van der Waals surface area contributed by atoms with E-state index in [4.69, 9.17) is 11.6 Å². The van der Waals surface area contributed by atoms with Gasteiger partial charge in [0.25, 0.3) is 0 Å². The second-order valence-corrected chi connectivity index (χ2v) is 5.98. The van der Waals surface area contributed by atoms with Gasteiger partial charge in [0.1, 0.15) is 0 Å². The number of nitrogens with zero attached hydrogens (tertiary/aromatic N) is 2. The van der Waals surface area contributed by atoms with E-state index >= 15 is 0 Å². The summed E-state index contributed by atoms with van der Waals surface area (Å²) < 4.78 is 0. The predicted octanol–water partition coefficient (Wildman–Crippen LogP) is 5.18. The van der Waals surface area contributed by atoms with Crippen LogP contribution in [0.2, 0.25) is 5.02 Å². The van der Waals surface area contributed by atoms with Crippen LogP contribution in [0.25, 0.3) is 22.2 Å². The molecule has 0 saturated heterocycles. The molecule has 0 fully saturated rings. The Balaban J connectivity index is 2.41. The number of halogens is 1. The summed E-state index contributed by atoms with van der Waals surface area (Å²) in [7, 11) is 0. The zero-order valence-corrected chi connectivity index (χ0v) is 13.4. The molecule has 0 atom stereocenters. The third-order valence-electron chi connectivity index (χ3n) is 3.72. The van der Waals surface area contributed by atoms with Crippen LogP contribution in [0, 0.1) is 27.7 Å². The van der Waals surface area contributed by atoms with E-state index in [1.165, 1.54) is 16.7 Å². The number of pyridine rings is 2. The predicted molar refractivity (Wildman–Crippen MR) is 88.9 cm³/mol. The number of rotatable bonds is 1. The Kier molecular flexibility index (Phi) is 3.42. The maximum Gasteiger partial charge on any atom is 0.0983 e. The number of aromatic nitrogens is 2. The van der Waals surface area contributed by atoms with Gasteiger partial charge in [0.2, 0.25) is 0 Å². The molecule has 2 heterocycles. The molecule has 3 aromatic rings. The smallest absolute Gasteiger partial charge is 0.0983 e. The summed E-state index contributed by atoms with van der Waals surface area (Å²) in [6, 6.07) is 8.18. The van der Waals surface area contributed by atoms with Crippen molar-refractivity contribution in [1.29, 1.82) is 0 Å². The Bertz CT molecular complexity index is 830. The van der Waals surface area contributed by atoms with Crippen LogP contribution in [0.5, 0.6) is 0 Å². The highest BCUT2D eigenvalue weighted by Gasteiger charge is 2.14. The molecule has 21 heavy (non-hydrogen) atoms. The van der Waals surface area contributed by atoms with Gasteiger partial charge in [-0.1, -0.05) is 29.3 Å². The molecule has 0 N–H and O–H groups in total. The zero-order chi connectivity index (χ0) is 15.1. The van der Waals surface area contributed by atoms with E-state index in [2.05, 4.69) is 42.9 Å². The maximum absolute atomic E-state index is 6.36. The fraction of sp³-hybridized carbons (Fsp3) is 0.222. The van der Waals surface area contributed by atoms with Crippen molar-refractivity contribution in [3.8, 4) is 11.3 Å². The monoisotopic (exact) mass is 296 g/mol. The van der Waals surface area contributed by atoms with Crippen molar-refractivity contribution in [2.24, 2.45) is 0 Å². The lowest BCUT2D eigenvalue weighted by Gasteiger charge is -2.13. The van der Waals surface area contributed by atoms with Crippen molar-refractivity contribution in [1.82, 2.24) is 9.97 Å². The number of hydrogen-bond acceptors (Lipinski definition) is 2. The van der Waals surface area contributed by atoms with E-state index in [1.54, 1.807) is 6.20 Å². The second kappa shape index (κ2) is 5.12. The van der Waals surface area contributed by atoms with E-state index in [0.717, 1.165) is 32.9 Å². The molecule has 0 spiro atoms. The molecule has 3 rings (SSSR count). The van der Waals surface area contributed by atoms with Crippen molar-refractivity contribution < 1.29 is 0 Å². The molecule has 0 radical (unpaired) electrons. The van der Waals surface area contributed by atoms with Crippen LogP contribution in [0.15, 0.2) is 30.5 Å². The van der Waals surface area contributed by atoms with Gasteiger partial charge in [-0.2, -0.15) is 0 Å². The molecule has 1 aromatic carbocycles. The first-order valence-corrected chi connectivity index (χ1v) is 7.35. The minimum absolute atomic E-state index is 0.726. The van der Waals surface area contributed by atoms with Crippen LogP contribution >= 0.6 is 11.6 Å². The lowest BCUT2D eigenvalue weighted by molar-refractivity contribution is 1.22. The molecule has 2 nitrogen and oxygen atoms in total. The number of hydrogen-bond donors (Lipinski definition) is 0. The van der Waals surface area contributed by atoms with Gasteiger partial charge in [-0.25, -0.2) is 0 Å². The van der Waals surface area contributed by atoms with Crippen molar-refractivity contribution in [2.75, 3.05) is 0 Å². The molecule has 0 bridgehead atoms. The van der Waals surface area contributed by atoms with Crippen molar-refractivity contribution in [2.45, 2.75) is 27.7 Å². The molecular formula is C18H17ClN2. The van der Waals surface area contributed by atoms with Crippen LogP contribution in [-0.4, -0.2) is 9.97 Å². The number of benzene rings is 1. The highest BCUT2D eigenvalue weighted by molar-refractivity contribution is 6.35. The SMILES string of the molecule is Cc1cc(C)c(-c2nccc3c(Cl)cc(C)nc23)c(C)c1. The van der Waals surface area contributed by atoms with Crippen LogP contribution < -0.4 is 0 Å². The molecule has 0 unspecified atom stereocenters. The molecule has 0 aliphatic heterocycles. The van der Waals surface area contributed by atoms with Crippen LogP contribution in [0.1, 0.15) is 22.4 Å².